The zero-order valence-corrected chi connectivity index (χ0v) is 29.6. The summed E-state index contributed by atoms with van der Waals surface area (Å²) in [6.07, 6.45) is -4.55. The molecule has 0 saturated carbocycles. The van der Waals surface area contributed by atoms with Crippen LogP contribution in [0.25, 0.3) is 0 Å². The van der Waals surface area contributed by atoms with Gasteiger partial charge in [0.15, 0.2) is 0 Å². The molecular formula is C33H48ClN5O10. The number of halogens is 1. The molecule has 2 bridgehead atoms. The Morgan fingerprint density at radius 1 is 0.918 bits per heavy atom. The molecule has 5 amide bonds. The lowest BCUT2D eigenvalue weighted by Crippen LogP contribution is -2.67. The number of rotatable bonds is 5. The largest absolute Gasteiger partial charge is 0.506 e. The smallest absolute Gasteiger partial charge is 0.329 e. The summed E-state index contributed by atoms with van der Waals surface area (Å²) in [5.41, 5.74) is 0.425. The third-order valence-electron chi connectivity index (χ3n) is 8.75. The fourth-order valence-corrected chi connectivity index (χ4v) is 6.14. The molecule has 2 saturated heterocycles. The molecule has 6 N–H and O–H groups in total. The van der Waals surface area contributed by atoms with Crippen molar-refractivity contribution in [2.45, 2.75) is 116 Å². The van der Waals surface area contributed by atoms with Gasteiger partial charge in [0.1, 0.15) is 48.3 Å². The molecule has 49 heavy (non-hydrogen) atoms. The number of phenols is 1. The number of esters is 1. The maximum atomic E-state index is 14.2. The van der Waals surface area contributed by atoms with Crippen LogP contribution in [0.1, 0.15) is 66.4 Å². The third-order valence-corrected chi connectivity index (χ3v) is 9.05. The average Bonchev–Trinajstić information content (AvgIpc) is 3.00. The molecule has 0 aliphatic carbocycles. The van der Waals surface area contributed by atoms with Crippen LogP contribution in [0.4, 0.5) is 0 Å². The minimum atomic E-state index is -1.69. The van der Waals surface area contributed by atoms with Crippen LogP contribution in [0.15, 0.2) is 18.2 Å². The number of likely N-dealkylation sites (N-methyl/N-ethyl adjacent to an activating group) is 1. The number of nitrogens with one attached hydrogen (secondary N) is 3. The Balaban J connectivity index is 2.14. The number of aromatic hydroxyl groups is 1. The van der Waals surface area contributed by atoms with E-state index in [4.69, 9.17) is 16.3 Å². The van der Waals surface area contributed by atoms with Crippen molar-refractivity contribution in [1.29, 1.82) is 0 Å². The Kier molecular flexibility index (Phi) is 13.4. The maximum absolute atomic E-state index is 14.2. The Bertz CT molecular complexity index is 1420. The predicted molar refractivity (Wildman–Crippen MR) is 177 cm³/mol. The highest BCUT2D eigenvalue weighted by molar-refractivity contribution is 6.32. The van der Waals surface area contributed by atoms with Gasteiger partial charge in [0.25, 0.3) is 0 Å². The van der Waals surface area contributed by atoms with E-state index in [9.17, 15) is 44.1 Å². The number of amides is 5. The Labute approximate surface area is 290 Å². The highest BCUT2D eigenvalue weighted by Gasteiger charge is 2.47. The standard InChI is InChI=1S/C33H48ClN5O10/c1-15(2)26-30(45)35-21-9-11-25(43)39(31(21)46)28(18(6)40)32(47)38(7)22(14-19-8-10-23(41)20(34)13-19)29(44)37-27(16(3)4)33(48)49-17(5)12-24(42)36-26/h8,10,13,15-18,21-22,25-28,40-41,43H,9,11-12,14H2,1-7H3,(H,35,45)(H,36,42)(H,37,44)/t17-,18+,21-,22+,25-,26+,27+,28+/m1/s1. The minimum absolute atomic E-state index is 0.00772. The number of hydrogen-bond acceptors (Lipinski definition) is 10. The van der Waals surface area contributed by atoms with Gasteiger partial charge < -0.3 is 45.8 Å². The van der Waals surface area contributed by atoms with E-state index in [1.165, 1.54) is 39.1 Å². The van der Waals surface area contributed by atoms with Gasteiger partial charge in [-0.25, -0.2) is 4.79 Å². The first kappa shape index (κ1) is 39.5. The van der Waals surface area contributed by atoms with Crippen LogP contribution < -0.4 is 16.0 Å². The summed E-state index contributed by atoms with van der Waals surface area (Å²) in [6.45, 7) is 9.45. The van der Waals surface area contributed by atoms with Crippen LogP contribution in [-0.2, 0) is 39.9 Å². The summed E-state index contributed by atoms with van der Waals surface area (Å²) in [6, 6.07) is -2.37. The number of nitrogens with zero attached hydrogens (tertiary/aromatic N) is 2. The highest BCUT2D eigenvalue weighted by atomic mass is 35.5. The Morgan fingerprint density at radius 2 is 1.55 bits per heavy atom. The molecule has 2 fully saturated rings. The van der Waals surface area contributed by atoms with Crippen molar-refractivity contribution >= 4 is 47.1 Å². The number of fused-ring (bicyclic) bond motifs is 2. The second-order valence-corrected chi connectivity index (χ2v) is 13.9. The van der Waals surface area contributed by atoms with E-state index >= 15 is 0 Å². The van der Waals surface area contributed by atoms with Crippen molar-refractivity contribution in [3.8, 4) is 5.75 Å². The number of cyclic esters (lactones) is 1. The number of carbonyl (C=O) groups excluding carboxylic acids is 6. The monoisotopic (exact) mass is 709 g/mol. The number of piperidine rings is 1. The number of aliphatic hydroxyl groups excluding tert-OH is 2. The molecule has 0 spiro atoms. The van der Waals surface area contributed by atoms with E-state index in [0.29, 0.717) is 5.56 Å². The SMILES string of the molecule is CC(C)[C@@H]1NC(=O)C[C@@H](C)OC(=O)[C@H](C(C)C)NC(=O)[C@H](Cc2ccc(O)c(Cl)c2)N(C)C(=O)[C@H]([C@H](C)O)N2C(=O)[C@@H](CC[C@H]2O)NC1=O. The molecule has 1 aromatic rings. The summed E-state index contributed by atoms with van der Waals surface area (Å²) in [4.78, 5) is 83.6. The predicted octanol–water partition coefficient (Wildman–Crippen LogP) is 0.207. The number of phenolic OH excluding ortho intramolecular Hbond substituents is 1. The van der Waals surface area contributed by atoms with Crippen molar-refractivity contribution in [1.82, 2.24) is 25.8 Å². The summed E-state index contributed by atoms with van der Waals surface area (Å²) in [5.74, 6) is -5.80. The fourth-order valence-electron chi connectivity index (χ4n) is 5.94. The fraction of sp³-hybridized carbons (Fsp3) is 0.636. The number of ether oxygens (including phenoxy) is 1. The molecule has 16 heteroatoms. The normalized spacial score (nSPS) is 29.0. The van der Waals surface area contributed by atoms with Gasteiger partial charge >= 0.3 is 5.97 Å². The molecule has 3 rings (SSSR count). The third kappa shape index (κ3) is 9.61. The quantitative estimate of drug-likeness (QED) is 0.229. The molecule has 15 nitrogen and oxygen atoms in total. The first-order chi connectivity index (χ1) is 22.8. The molecule has 0 aromatic heterocycles. The van der Waals surface area contributed by atoms with Crippen LogP contribution in [-0.4, -0.2) is 116 Å². The summed E-state index contributed by atoms with van der Waals surface area (Å²) < 4.78 is 5.54. The summed E-state index contributed by atoms with van der Waals surface area (Å²) in [5, 5.41) is 39.7. The van der Waals surface area contributed by atoms with E-state index in [2.05, 4.69) is 16.0 Å². The molecule has 2 aliphatic rings. The molecule has 2 aliphatic heterocycles. The number of carbonyl (C=O) groups is 6. The van der Waals surface area contributed by atoms with Crippen molar-refractivity contribution in [2.75, 3.05) is 7.05 Å². The molecular weight excluding hydrogens is 662 g/mol. The van der Waals surface area contributed by atoms with Crippen molar-refractivity contribution in [2.24, 2.45) is 11.8 Å². The molecule has 2 heterocycles. The second-order valence-electron chi connectivity index (χ2n) is 13.5. The second kappa shape index (κ2) is 16.6. The molecule has 0 radical (unpaired) electrons. The first-order valence-corrected chi connectivity index (χ1v) is 16.7. The average molecular weight is 710 g/mol. The van der Waals surface area contributed by atoms with E-state index in [-0.39, 0.29) is 36.5 Å². The van der Waals surface area contributed by atoms with Gasteiger partial charge in [0, 0.05) is 13.5 Å². The topological polar surface area (TPSA) is 215 Å². The van der Waals surface area contributed by atoms with Crippen molar-refractivity contribution in [3.05, 3.63) is 28.8 Å². The van der Waals surface area contributed by atoms with Crippen LogP contribution >= 0.6 is 11.6 Å². The molecule has 1 aromatic carbocycles. The summed E-state index contributed by atoms with van der Waals surface area (Å²) in [7, 11) is 1.28. The van der Waals surface area contributed by atoms with Crippen molar-refractivity contribution in [3.63, 3.8) is 0 Å². The Hall–Kier alpha value is -3.95. The van der Waals surface area contributed by atoms with E-state index in [1.54, 1.807) is 27.7 Å². The van der Waals surface area contributed by atoms with E-state index in [1.807, 2.05) is 0 Å². The van der Waals surface area contributed by atoms with E-state index in [0.717, 1.165) is 9.80 Å². The molecule has 0 unspecified atom stereocenters. The molecule has 272 valence electrons. The van der Waals surface area contributed by atoms with E-state index < -0.39 is 96.0 Å². The lowest BCUT2D eigenvalue weighted by molar-refractivity contribution is -0.170. The van der Waals surface area contributed by atoms with Crippen LogP contribution in [0.5, 0.6) is 5.75 Å². The van der Waals surface area contributed by atoms with Crippen LogP contribution in [0.2, 0.25) is 5.02 Å². The van der Waals surface area contributed by atoms with Gasteiger partial charge in [-0.05, 0) is 56.2 Å². The van der Waals surface area contributed by atoms with Gasteiger partial charge in [0.2, 0.25) is 29.5 Å². The maximum Gasteiger partial charge on any atom is 0.329 e. The van der Waals surface area contributed by atoms with Gasteiger partial charge in [-0.2, -0.15) is 0 Å². The van der Waals surface area contributed by atoms with Crippen molar-refractivity contribution < 1.29 is 48.8 Å². The van der Waals surface area contributed by atoms with Crippen LogP contribution in [0, 0.1) is 11.8 Å². The number of benzene rings is 1. The lowest BCUT2D eigenvalue weighted by atomic mass is 9.96. The first-order valence-electron chi connectivity index (χ1n) is 16.4. The zero-order chi connectivity index (χ0) is 36.9. The Morgan fingerprint density at radius 3 is 2.12 bits per heavy atom. The number of hydrogen-bond donors (Lipinski definition) is 6. The van der Waals surface area contributed by atoms with Crippen LogP contribution in [0.3, 0.4) is 0 Å². The molecule has 8 atom stereocenters. The van der Waals surface area contributed by atoms with Gasteiger partial charge in [-0.3, -0.25) is 24.0 Å². The minimum Gasteiger partial charge on any atom is -0.506 e. The number of aliphatic hydroxyl groups is 2. The summed E-state index contributed by atoms with van der Waals surface area (Å²) >= 11 is 6.12. The van der Waals surface area contributed by atoms with Gasteiger partial charge in [-0.1, -0.05) is 45.4 Å². The zero-order valence-electron chi connectivity index (χ0n) is 28.8. The lowest BCUT2D eigenvalue weighted by Gasteiger charge is -2.43. The highest BCUT2D eigenvalue weighted by Crippen LogP contribution is 2.27. The van der Waals surface area contributed by atoms with Gasteiger partial charge in [0.05, 0.1) is 17.5 Å². The van der Waals surface area contributed by atoms with Gasteiger partial charge in [-0.15, -0.1) is 0 Å².